The van der Waals surface area contributed by atoms with Gasteiger partial charge in [0, 0.05) is 25.3 Å². The van der Waals surface area contributed by atoms with Gasteiger partial charge in [-0.05, 0) is 37.3 Å². The summed E-state index contributed by atoms with van der Waals surface area (Å²) in [5.41, 5.74) is 1.47. The third-order valence-corrected chi connectivity index (χ3v) is 4.02. The maximum atomic E-state index is 14.5. The van der Waals surface area contributed by atoms with Gasteiger partial charge in [-0.15, -0.1) is 0 Å². The molecule has 0 radical (unpaired) electrons. The van der Waals surface area contributed by atoms with Crippen LogP contribution in [0.5, 0.6) is 0 Å². The van der Waals surface area contributed by atoms with Crippen LogP contribution in [-0.4, -0.2) is 19.6 Å². The van der Waals surface area contributed by atoms with E-state index in [2.05, 4.69) is 22.1 Å². The number of hydrogen-bond acceptors (Lipinski definition) is 3. The first-order valence-electron chi connectivity index (χ1n) is 7.94. The number of rotatable bonds is 4. The Morgan fingerprint density at radius 1 is 1.07 bits per heavy atom. The minimum absolute atomic E-state index is 0.0213. The van der Waals surface area contributed by atoms with E-state index in [1.807, 2.05) is 13.0 Å². The summed E-state index contributed by atoms with van der Waals surface area (Å²) in [5.74, 6) is -0.675. The average Bonchev–Trinajstić information content (AvgIpc) is 3.09. The molecule has 0 aliphatic carbocycles. The normalized spacial score (nSPS) is 11.7. The third-order valence-electron chi connectivity index (χ3n) is 4.02. The molecular weight excluding hydrogens is 362 g/mol. The highest BCUT2D eigenvalue weighted by Gasteiger charge is 2.35. The molecule has 0 unspecified atom stereocenters. The zero-order chi connectivity index (χ0) is 19.9. The van der Waals surface area contributed by atoms with Gasteiger partial charge in [-0.1, -0.05) is 6.58 Å². The molecule has 0 saturated heterocycles. The Balaban J connectivity index is 1.87. The number of hydrogen-bond donors (Lipinski definition) is 1. The fraction of sp³-hybridized carbons (Fsp3) is 0.222. The van der Waals surface area contributed by atoms with Crippen LogP contribution >= 0.6 is 0 Å². The van der Waals surface area contributed by atoms with Gasteiger partial charge in [0.2, 0.25) is 0 Å². The lowest BCUT2D eigenvalue weighted by molar-refractivity contribution is -0.141. The van der Waals surface area contributed by atoms with Gasteiger partial charge in [-0.2, -0.15) is 23.4 Å². The number of benzene rings is 1. The van der Waals surface area contributed by atoms with Crippen LogP contribution in [0.4, 0.5) is 23.2 Å². The number of nitrogens with zero attached hydrogens (tertiary/aromatic N) is 4. The second kappa shape index (κ2) is 6.57. The van der Waals surface area contributed by atoms with Gasteiger partial charge in [0.1, 0.15) is 5.82 Å². The highest BCUT2D eigenvalue weighted by atomic mass is 19.4. The van der Waals surface area contributed by atoms with E-state index in [1.165, 1.54) is 19.2 Å². The topological polar surface area (TPSA) is 47.7 Å². The van der Waals surface area contributed by atoms with E-state index < -0.39 is 17.7 Å². The molecule has 0 spiro atoms. The fourth-order valence-corrected chi connectivity index (χ4v) is 2.79. The molecule has 27 heavy (non-hydrogen) atoms. The van der Waals surface area contributed by atoms with Gasteiger partial charge in [0.15, 0.2) is 5.69 Å². The number of anilines is 1. The third kappa shape index (κ3) is 3.71. The molecule has 1 N–H and O–H groups in total. The van der Waals surface area contributed by atoms with Crippen molar-refractivity contribution < 1.29 is 17.6 Å². The van der Waals surface area contributed by atoms with Crippen molar-refractivity contribution >= 4 is 11.4 Å². The van der Waals surface area contributed by atoms with E-state index in [0.717, 1.165) is 22.1 Å². The van der Waals surface area contributed by atoms with Crippen LogP contribution in [0.3, 0.4) is 0 Å². The molecule has 0 atom stereocenters. The highest BCUT2D eigenvalue weighted by molar-refractivity contribution is 5.75. The van der Waals surface area contributed by atoms with Crippen LogP contribution in [0, 0.1) is 12.7 Å². The fourth-order valence-electron chi connectivity index (χ4n) is 2.79. The summed E-state index contributed by atoms with van der Waals surface area (Å²) in [6.45, 7) is 5.76. The summed E-state index contributed by atoms with van der Waals surface area (Å²) in [6.07, 6.45) is -4.59. The van der Waals surface area contributed by atoms with Crippen LogP contribution in [0.2, 0.25) is 0 Å². The summed E-state index contributed by atoms with van der Waals surface area (Å²) < 4.78 is 55.6. The van der Waals surface area contributed by atoms with Crippen molar-refractivity contribution in [3.05, 3.63) is 59.8 Å². The van der Waals surface area contributed by atoms with E-state index in [0.29, 0.717) is 11.4 Å². The summed E-state index contributed by atoms with van der Waals surface area (Å²) >= 11 is 0. The molecule has 2 heterocycles. The Morgan fingerprint density at radius 3 is 2.30 bits per heavy atom. The molecule has 0 aliphatic heterocycles. The van der Waals surface area contributed by atoms with Gasteiger partial charge >= 0.3 is 6.18 Å². The van der Waals surface area contributed by atoms with Crippen molar-refractivity contribution in [1.29, 1.82) is 0 Å². The van der Waals surface area contributed by atoms with Gasteiger partial charge in [-0.3, -0.25) is 9.36 Å². The molecule has 142 valence electrons. The standard InChI is InChI=1S/C18H17F4N5/c1-10-7-15(26(3)24-10)11(2)23-12-5-6-13(14(19)8-12)16-9-17(18(20,21)22)25-27(16)4/h5-9,23H,2H2,1,3-4H3. The first-order chi connectivity index (χ1) is 12.6. The summed E-state index contributed by atoms with van der Waals surface area (Å²) in [5, 5.41) is 10.6. The van der Waals surface area contributed by atoms with Gasteiger partial charge in [-0.25, -0.2) is 4.39 Å². The van der Waals surface area contributed by atoms with Crippen LogP contribution in [0.15, 0.2) is 36.9 Å². The SMILES string of the molecule is C=C(Nc1ccc(-c2cc(C(F)(F)F)nn2C)c(F)c1)c1cc(C)nn1C. The maximum Gasteiger partial charge on any atom is 0.435 e. The highest BCUT2D eigenvalue weighted by Crippen LogP contribution is 2.33. The molecular formula is C18H17F4N5. The van der Waals surface area contributed by atoms with E-state index in [-0.39, 0.29) is 11.3 Å². The predicted octanol–water partition coefficient (Wildman–Crippen LogP) is 4.37. The Kier molecular flexibility index (Phi) is 4.54. The lowest BCUT2D eigenvalue weighted by Gasteiger charge is -2.11. The second-order valence-electron chi connectivity index (χ2n) is 6.13. The quantitative estimate of drug-likeness (QED) is 0.685. The number of alkyl halides is 3. The second-order valence-corrected chi connectivity index (χ2v) is 6.13. The van der Waals surface area contributed by atoms with Crippen molar-refractivity contribution in [2.75, 3.05) is 5.32 Å². The van der Waals surface area contributed by atoms with Gasteiger partial charge in [0.25, 0.3) is 0 Å². The molecule has 0 amide bonds. The van der Waals surface area contributed by atoms with Crippen molar-refractivity contribution in [1.82, 2.24) is 19.6 Å². The zero-order valence-corrected chi connectivity index (χ0v) is 14.9. The molecule has 9 heteroatoms. The van der Waals surface area contributed by atoms with Crippen LogP contribution < -0.4 is 5.32 Å². The average molecular weight is 379 g/mol. The molecule has 2 aromatic heterocycles. The zero-order valence-electron chi connectivity index (χ0n) is 14.9. The molecule has 0 aliphatic rings. The smallest absolute Gasteiger partial charge is 0.354 e. The number of nitrogens with one attached hydrogen (secondary N) is 1. The lowest BCUT2D eigenvalue weighted by atomic mass is 10.1. The largest absolute Gasteiger partial charge is 0.435 e. The van der Waals surface area contributed by atoms with Crippen molar-refractivity contribution in [3.8, 4) is 11.3 Å². The van der Waals surface area contributed by atoms with E-state index in [4.69, 9.17) is 0 Å². The van der Waals surface area contributed by atoms with Crippen molar-refractivity contribution in [3.63, 3.8) is 0 Å². The monoisotopic (exact) mass is 379 g/mol. The molecule has 3 aromatic rings. The summed E-state index contributed by atoms with van der Waals surface area (Å²) in [6, 6.07) is 6.81. The van der Waals surface area contributed by atoms with E-state index in [9.17, 15) is 17.6 Å². The molecule has 5 nitrogen and oxygen atoms in total. The van der Waals surface area contributed by atoms with E-state index >= 15 is 0 Å². The van der Waals surface area contributed by atoms with E-state index in [1.54, 1.807) is 17.8 Å². The Labute approximate surface area is 152 Å². The molecule has 3 rings (SSSR count). The van der Waals surface area contributed by atoms with Crippen LogP contribution in [0.1, 0.15) is 17.1 Å². The number of halogens is 4. The number of aryl methyl sites for hydroxylation is 3. The van der Waals surface area contributed by atoms with Gasteiger partial charge < -0.3 is 5.32 Å². The van der Waals surface area contributed by atoms with Crippen LogP contribution in [0.25, 0.3) is 17.0 Å². The van der Waals surface area contributed by atoms with Crippen molar-refractivity contribution in [2.24, 2.45) is 14.1 Å². The summed E-state index contributed by atoms with van der Waals surface area (Å²) in [7, 11) is 3.10. The first kappa shape index (κ1) is 18.7. The molecule has 0 saturated carbocycles. The predicted molar refractivity (Wildman–Crippen MR) is 94.2 cm³/mol. The minimum atomic E-state index is -4.59. The molecule has 1 aromatic carbocycles. The molecule has 0 bridgehead atoms. The Hall–Kier alpha value is -3.10. The summed E-state index contributed by atoms with van der Waals surface area (Å²) in [4.78, 5) is 0. The maximum absolute atomic E-state index is 14.5. The van der Waals surface area contributed by atoms with Crippen LogP contribution in [-0.2, 0) is 20.3 Å². The minimum Gasteiger partial charge on any atom is -0.354 e. The molecule has 0 fully saturated rings. The Bertz CT molecular complexity index is 1010. The number of aromatic nitrogens is 4. The van der Waals surface area contributed by atoms with Crippen molar-refractivity contribution in [2.45, 2.75) is 13.1 Å². The lowest BCUT2D eigenvalue weighted by Crippen LogP contribution is -2.06. The van der Waals surface area contributed by atoms with Gasteiger partial charge in [0.05, 0.1) is 22.8 Å². The Morgan fingerprint density at radius 2 is 1.78 bits per heavy atom. The first-order valence-corrected chi connectivity index (χ1v) is 7.94.